The summed E-state index contributed by atoms with van der Waals surface area (Å²) in [5.41, 5.74) is 9.69. The summed E-state index contributed by atoms with van der Waals surface area (Å²) in [6.07, 6.45) is 3.21. The first-order valence-corrected chi connectivity index (χ1v) is 9.11. The van der Waals surface area contributed by atoms with E-state index in [0.717, 1.165) is 0 Å². The summed E-state index contributed by atoms with van der Waals surface area (Å²) < 4.78 is 0. The maximum absolute atomic E-state index is 12.6. The Bertz CT molecular complexity index is 1270. The summed E-state index contributed by atoms with van der Waals surface area (Å²) in [6.45, 7) is 0. The molecule has 0 bridgehead atoms. The summed E-state index contributed by atoms with van der Waals surface area (Å²) >= 11 is 0. The Morgan fingerprint density at radius 3 is 2.60 bits per heavy atom. The van der Waals surface area contributed by atoms with Crippen molar-refractivity contribution in [3.63, 3.8) is 0 Å². The van der Waals surface area contributed by atoms with Gasteiger partial charge in [-0.25, -0.2) is 4.98 Å². The molecule has 2 aromatic heterocycles. The Labute approximate surface area is 171 Å². The van der Waals surface area contributed by atoms with Crippen LogP contribution in [-0.2, 0) is 0 Å². The molecule has 0 aliphatic rings. The van der Waals surface area contributed by atoms with E-state index in [1.807, 2.05) is 6.07 Å². The number of pyridine rings is 1. The first-order valence-electron chi connectivity index (χ1n) is 9.11. The largest absolute Gasteiger partial charge is 0.398 e. The van der Waals surface area contributed by atoms with Crippen LogP contribution in [0.3, 0.4) is 0 Å². The minimum Gasteiger partial charge on any atom is -0.398 e. The van der Waals surface area contributed by atoms with Crippen molar-refractivity contribution in [2.45, 2.75) is 6.04 Å². The highest BCUT2D eigenvalue weighted by atomic mass is 16.2. The van der Waals surface area contributed by atoms with Gasteiger partial charge in [0, 0.05) is 29.2 Å². The van der Waals surface area contributed by atoms with E-state index in [1.54, 1.807) is 60.9 Å². The Morgan fingerprint density at radius 1 is 1.17 bits per heavy atom. The number of carbonyl (C=O) groups excluding carboxylic acids is 1. The first-order chi connectivity index (χ1) is 14.6. The first kappa shape index (κ1) is 18.8. The van der Waals surface area contributed by atoms with E-state index in [0.29, 0.717) is 33.4 Å². The van der Waals surface area contributed by atoms with Crippen molar-refractivity contribution >= 4 is 28.3 Å². The quantitative estimate of drug-likeness (QED) is 0.303. The number of rotatable bonds is 5. The molecule has 1 unspecified atom stereocenters. The number of hydrogen-bond acceptors (Lipinski definition) is 6. The van der Waals surface area contributed by atoms with E-state index in [2.05, 4.69) is 26.3 Å². The number of hydrogen-bond donors (Lipinski definition) is 4. The van der Waals surface area contributed by atoms with Gasteiger partial charge in [0.25, 0.3) is 5.91 Å². The second-order valence-electron chi connectivity index (χ2n) is 6.60. The van der Waals surface area contributed by atoms with Gasteiger partial charge < -0.3 is 16.0 Å². The van der Waals surface area contributed by atoms with Gasteiger partial charge in [0.1, 0.15) is 6.04 Å². The number of benzene rings is 2. The van der Waals surface area contributed by atoms with Gasteiger partial charge in [-0.05, 0) is 29.8 Å². The van der Waals surface area contributed by atoms with Crippen molar-refractivity contribution in [1.29, 1.82) is 10.7 Å². The van der Waals surface area contributed by atoms with Crippen LogP contribution in [0.1, 0.15) is 33.4 Å². The molecule has 0 spiro atoms. The summed E-state index contributed by atoms with van der Waals surface area (Å²) in [6, 6.07) is 17.0. The third-order valence-corrected chi connectivity index (χ3v) is 4.64. The molecule has 8 nitrogen and oxygen atoms in total. The van der Waals surface area contributed by atoms with Gasteiger partial charge in [-0.2, -0.15) is 5.26 Å². The number of nitrogens with two attached hydrogens (primary N) is 1. The molecule has 30 heavy (non-hydrogen) atoms. The topological polar surface area (TPSA) is 144 Å². The van der Waals surface area contributed by atoms with Crippen LogP contribution in [0.4, 0.5) is 5.69 Å². The monoisotopic (exact) mass is 395 g/mol. The minimum absolute atomic E-state index is 0.0631. The van der Waals surface area contributed by atoms with Crippen LogP contribution in [0.2, 0.25) is 0 Å². The highest BCUT2D eigenvalue weighted by Crippen LogP contribution is 2.23. The number of nitrogen functional groups attached to an aromatic ring is 1. The van der Waals surface area contributed by atoms with E-state index in [1.165, 1.54) is 0 Å². The van der Waals surface area contributed by atoms with Gasteiger partial charge in [-0.15, -0.1) is 0 Å². The second-order valence-corrected chi connectivity index (χ2v) is 6.60. The number of amides is 1. The van der Waals surface area contributed by atoms with Gasteiger partial charge in [-0.1, -0.05) is 30.3 Å². The summed E-state index contributed by atoms with van der Waals surface area (Å²) in [4.78, 5) is 23.9. The van der Waals surface area contributed by atoms with Crippen LogP contribution in [0.15, 0.2) is 67.0 Å². The molecule has 5 N–H and O–H groups in total. The molecule has 2 aromatic carbocycles. The molecule has 4 aromatic rings. The molecule has 2 heterocycles. The molecule has 0 aliphatic carbocycles. The van der Waals surface area contributed by atoms with Crippen molar-refractivity contribution in [1.82, 2.24) is 20.3 Å². The van der Waals surface area contributed by atoms with E-state index < -0.39 is 11.9 Å². The fourth-order valence-corrected chi connectivity index (χ4v) is 3.11. The average Bonchev–Trinajstić information content (AvgIpc) is 3.20. The second kappa shape index (κ2) is 7.85. The van der Waals surface area contributed by atoms with Crippen LogP contribution in [0, 0.1) is 16.7 Å². The van der Waals surface area contributed by atoms with Crippen molar-refractivity contribution in [3.8, 4) is 6.07 Å². The number of aromatic nitrogens is 3. The van der Waals surface area contributed by atoms with Gasteiger partial charge in [0.15, 0.2) is 5.82 Å². The van der Waals surface area contributed by atoms with Gasteiger partial charge in [-0.3, -0.25) is 15.2 Å². The smallest absolute Gasteiger partial charge is 0.288 e. The number of nitrogens with zero attached hydrogens (tertiary/aromatic N) is 3. The van der Waals surface area contributed by atoms with Crippen molar-refractivity contribution in [3.05, 3.63) is 89.5 Å². The predicted molar refractivity (Wildman–Crippen MR) is 113 cm³/mol. The van der Waals surface area contributed by atoms with Crippen LogP contribution in [0.25, 0.3) is 11.0 Å². The van der Waals surface area contributed by atoms with Crippen LogP contribution >= 0.6 is 0 Å². The maximum Gasteiger partial charge on any atom is 0.288 e. The Morgan fingerprint density at radius 2 is 1.90 bits per heavy atom. The Balaban J connectivity index is 1.63. The number of fused-ring (bicyclic) bond motifs is 1. The highest BCUT2D eigenvalue weighted by molar-refractivity contribution is 6.15. The van der Waals surface area contributed by atoms with Crippen LogP contribution in [0.5, 0.6) is 0 Å². The molecule has 1 amide bonds. The minimum atomic E-state index is -0.799. The zero-order valence-corrected chi connectivity index (χ0v) is 15.8. The van der Waals surface area contributed by atoms with E-state index in [9.17, 15) is 10.1 Å². The van der Waals surface area contributed by atoms with Gasteiger partial charge in [0.05, 0.1) is 22.8 Å². The number of aromatic amines is 1. The maximum atomic E-state index is 12.6. The number of imidazole rings is 1. The van der Waals surface area contributed by atoms with E-state index in [-0.39, 0.29) is 11.5 Å². The lowest BCUT2D eigenvalue weighted by atomic mass is 10.0. The van der Waals surface area contributed by atoms with Crippen LogP contribution < -0.4 is 11.1 Å². The standard InChI is InChI=1S/C22H17N7O/c23-12-19(13-4-2-1-3-5-13)29-22(30)21-27-17-10-15(16(24)11-18(17)28-21)20(25)14-6-8-26-9-7-14/h1-11,19,25H,24H2,(H,27,28)(H,29,30). The van der Waals surface area contributed by atoms with Crippen molar-refractivity contribution in [2.75, 3.05) is 5.73 Å². The number of H-pyrrole nitrogens is 1. The lowest BCUT2D eigenvalue weighted by Gasteiger charge is -2.10. The van der Waals surface area contributed by atoms with Gasteiger partial charge in [0.2, 0.25) is 0 Å². The fourth-order valence-electron chi connectivity index (χ4n) is 3.11. The molecule has 146 valence electrons. The summed E-state index contributed by atoms with van der Waals surface area (Å²) in [5.74, 6) is -0.445. The molecule has 0 fully saturated rings. The van der Waals surface area contributed by atoms with Gasteiger partial charge >= 0.3 is 0 Å². The molecule has 0 radical (unpaired) electrons. The molecule has 4 rings (SSSR count). The zero-order valence-electron chi connectivity index (χ0n) is 15.8. The molecule has 1 atom stereocenters. The van der Waals surface area contributed by atoms with Crippen molar-refractivity contribution in [2.24, 2.45) is 0 Å². The SMILES string of the molecule is N#CC(NC(=O)c1nc2cc(C(=N)c3ccncc3)c(N)cc2[nH]1)c1ccccc1. The third-order valence-electron chi connectivity index (χ3n) is 4.64. The van der Waals surface area contributed by atoms with E-state index in [4.69, 9.17) is 11.1 Å². The summed E-state index contributed by atoms with van der Waals surface area (Å²) in [7, 11) is 0. The van der Waals surface area contributed by atoms with Crippen molar-refractivity contribution < 1.29 is 4.79 Å². The number of anilines is 1. The summed E-state index contributed by atoms with van der Waals surface area (Å²) in [5, 5.41) is 20.5. The molecule has 8 heteroatoms. The lowest BCUT2D eigenvalue weighted by molar-refractivity contribution is 0.0936. The highest BCUT2D eigenvalue weighted by Gasteiger charge is 2.19. The molecule has 0 saturated heterocycles. The predicted octanol–water partition coefficient (Wildman–Crippen LogP) is 2.95. The number of nitrogens with one attached hydrogen (secondary N) is 3. The molecular formula is C22H17N7O. The molecular weight excluding hydrogens is 378 g/mol. The molecule has 0 saturated carbocycles. The molecule has 0 aliphatic heterocycles. The lowest BCUT2D eigenvalue weighted by Crippen LogP contribution is -2.28. The normalized spacial score (nSPS) is 11.6. The third kappa shape index (κ3) is 3.59. The Kier molecular flexibility index (Phi) is 4.93. The number of carbonyl (C=O) groups is 1. The number of nitriles is 1. The average molecular weight is 395 g/mol. The van der Waals surface area contributed by atoms with E-state index >= 15 is 0 Å². The van der Waals surface area contributed by atoms with Crippen LogP contribution in [-0.4, -0.2) is 26.6 Å². The fraction of sp³-hybridized carbons (Fsp3) is 0.0455. The Hall–Kier alpha value is -4.51. The zero-order chi connectivity index (χ0) is 21.1.